The summed E-state index contributed by atoms with van der Waals surface area (Å²) in [5.41, 5.74) is 0.684. The molecule has 5 heterocycles. The summed E-state index contributed by atoms with van der Waals surface area (Å²) in [6.07, 6.45) is 3.37. The number of piperazine rings is 1. The van der Waals surface area contributed by atoms with Gasteiger partial charge in [0, 0.05) is 51.7 Å². The number of ether oxygens (including phenoxy) is 1. The number of pyridine rings is 1. The molecule has 2 fully saturated rings. The highest BCUT2D eigenvalue weighted by atomic mass is 32.1. The molecule has 0 aromatic carbocycles. The number of amides is 1. The maximum absolute atomic E-state index is 12.9. The molecular weight excluding hydrogens is 440 g/mol. The first-order valence-electron chi connectivity index (χ1n) is 11.0. The van der Waals surface area contributed by atoms with E-state index in [4.69, 9.17) is 4.74 Å². The van der Waals surface area contributed by atoms with Crippen molar-refractivity contribution in [2.75, 3.05) is 61.0 Å². The number of aromatic nitrogens is 4. The molecule has 0 spiro atoms. The van der Waals surface area contributed by atoms with Crippen LogP contribution < -0.4 is 20.4 Å². The third-order valence-electron chi connectivity index (χ3n) is 5.67. The Kier molecular flexibility index (Phi) is 6.42. The van der Waals surface area contributed by atoms with Gasteiger partial charge >= 0.3 is 0 Å². The highest BCUT2D eigenvalue weighted by molar-refractivity contribution is 7.14. The highest BCUT2D eigenvalue weighted by Crippen LogP contribution is 2.27. The minimum absolute atomic E-state index is 0.117. The van der Waals surface area contributed by atoms with Gasteiger partial charge in [-0.2, -0.15) is 4.98 Å². The van der Waals surface area contributed by atoms with Gasteiger partial charge in [-0.05, 0) is 25.1 Å². The zero-order valence-electron chi connectivity index (χ0n) is 18.4. The number of rotatable bonds is 5. The molecule has 3 aromatic heterocycles. The first-order valence-corrected chi connectivity index (χ1v) is 11.8. The monoisotopic (exact) mass is 466 g/mol. The maximum atomic E-state index is 12.9. The molecule has 0 saturated carbocycles. The Balaban J connectivity index is 1.23. The molecule has 2 aliphatic heterocycles. The van der Waals surface area contributed by atoms with Crippen LogP contribution in [-0.4, -0.2) is 71.7 Å². The average molecular weight is 467 g/mol. The fraction of sp³-hybridized carbons (Fsp3) is 0.409. The van der Waals surface area contributed by atoms with E-state index in [-0.39, 0.29) is 18.0 Å². The van der Waals surface area contributed by atoms with Crippen molar-refractivity contribution in [3.63, 3.8) is 0 Å². The molecule has 3 aromatic rings. The van der Waals surface area contributed by atoms with E-state index in [9.17, 15) is 4.79 Å². The Morgan fingerprint density at radius 2 is 1.91 bits per heavy atom. The van der Waals surface area contributed by atoms with Crippen molar-refractivity contribution in [3.05, 3.63) is 52.2 Å². The first kappa shape index (κ1) is 21.7. The molecule has 1 atom stereocenters. The molecule has 0 radical (unpaired) electrons. The smallest absolute Gasteiger partial charge is 0.270 e. The van der Waals surface area contributed by atoms with Crippen LogP contribution in [-0.2, 0) is 4.74 Å². The van der Waals surface area contributed by atoms with Gasteiger partial charge in [-0.3, -0.25) is 10.1 Å². The van der Waals surface area contributed by atoms with Crippen molar-refractivity contribution >= 4 is 34.8 Å². The van der Waals surface area contributed by atoms with E-state index in [2.05, 4.69) is 40.4 Å². The van der Waals surface area contributed by atoms with E-state index in [1.54, 1.807) is 6.20 Å². The van der Waals surface area contributed by atoms with Crippen LogP contribution in [0.3, 0.4) is 0 Å². The lowest BCUT2D eigenvalue weighted by molar-refractivity contribution is 0.0275. The number of anilines is 3. The van der Waals surface area contributed by atoms with Crippen LogP contribution in [0, 0.1) is 6.92 Å². The van der Waals surface area contributed by atoms with Gasteiger partial charge in [0.15, 0.2) is 0 Å². The van der Waals surface area contributed by atoms with Crippen LogP contribution in [0.5, 0.6) is 0 Å². The number of hydrogen-bond acceptors (Lipinski definition) is 10. The summed E-state index contributed by atoms with van der Waals surface area (Å²) in [6.45, 7) is 7.34. The van der Waals surface area contributed by atoms with Gasteiger partial charge in [0.1, 0.15) is 27.6 Å². The Labute approximate surface area is 196 Å². The Morgan fingerprint density at radius 3 is 2.64 bits per heavy atom. The molecule has 0 bridgehead atoms. The molecule has 1 unspecified atom stereocenters. The lowest BCUT2D eigenvalue weighted by atomic mass is 10.3. The minimum atomic E-state index is -0.253. The van der Waals surface area contributed by atoms with E-state index in [0.717, 1.165) is 49.4 Å². The Bertz CT molecular complexity index is 1090. The molecular formula is C22H26N8O2S. The van der Waals surface area contributed by atoms with Crippen molar-refractivity contribution in [2.45, 2.75) is 13.0 Å². The quantitative estimate of drug-likeness (QED) is 0.582. The molecule has 5 rings (SSSR count). The summed E-state index contributed by atoms with van der Waals surface area (Å²) in [5.74, 6) is 1.82. The largest absolute Gasteiger partial charge is 0.368 e. The minimum Gasteiger partial charge on any atom is -0.368 e. The Morgan fingerprint density at radius 1 is 1.09 bits per heavy atom. The van der Waals surface area contributed by atoms with Gasteiger partial charge < -0.3 is 19.9 Å². The SMILES string of the molecule is Cc1nc(C2CNCCO2)sc1C(=O)Nc1nccc(N2CCN(c3ccccn3)CC2)n1. The second kappa shape index (κ2) is 9.77. The van der Waals surface area contributed by atoms with Crippen molar-refractivity contribution < 1.29 is 9.53 Å². The maximum Gasteiger partial charge on any atom is 0.270 e. The fourth-order valence-corrected chi connectivity index (χ4v) is 4.95. The predicted molar refractivity (Wildman–Crippen MR) is 127 cm³/mol. The number of nitrogens with zero attached hydrogens (tertiary/aromatic N) is 6. The van der Waals surface area contributed by atoms with Gasteiger partial charge in [0.2, 0.25) is 5.95 Å². The van der Waals surface area contributed by atoms with E-state index < -0.39 is 0 Å². The second-order valence-corrected chi connectivity index (χ2v) is 8.92. The van der Waals surface area contributed by atoms with Gasteiger partial charge in [-0.25, -0.2) is 15.0 Å². The summed E-state index contributed by atoms with van der Waals surface area (Å²) in [7, 11) is 0. The van der Waals surface area contributed by atoms with Gasteiger partial charge in [0.05, 0.1) is 12.3 Å². The molecule has 1 amide bonds. The number of nitrogens with one attached hydrogen (secondary N) is 2. The normalized spacial score (nSPS) is 18.9. The molecule has 2 saturated heterocycles. The van der Waals surface area contributed by atoms with Crippen LogP contribution in [0.25, 0.3) is 0 Å². The average Bonchev–Trinajstić information content (AvgIpc) is 3.27. The van der Waals surface area contributed by atoms with Gasteiger partial charge in [-0.1, -0.05) is 6.07 Å². The summed E-state index contributed by atoms with van der Waals surface area (Å²) in [5, 5.41) is 6.94. The second-order valence-electron chi connectivity index (χ2n) is 7.88. The number of thiazole rings is 1. The molecule has 2 N–H and O–H groups in total. The highest BCUT2D eigenvalue weighted by Gasteiger charge is 2.24. The molecule has 2 aliphatic rings. The third-order valence-corrected chi connectivity index (χ3v) is 6.91. The van der Waals surface area contributed by atoms with Crippen LogP contribution in [0.15, 0.2) is 36.7 Å². The summed E-state index contributed by atoms with van der Waals surface area (Å²) in [6, 6.07) is 7.82. The van der Waals surface area contributed by atoms with Crippen molar-refractivity contribution in [3.8, 4) is 0 Å². The molecule has 172 valence electrons. The van der Waals surface area contributed by atoms with E-state index in [1.807, 2.05) is 37.4 Å². The number of aryl methyl sites for hydroxylation is 1. The van der Waals surface area contributed by atoms with Crippen LogP contribution in [0.4, 0.5) is 17.6 Å². The van der Waals surface area contributed by atoms with Crippen molar-refractivity contribution in [1.29, 1.82) is 0 Å². The van der Waals surface area contributed by atoms with Crippen LogP contribution in [0.1, 0.15) is 26.5 Å². The number of carbonyl (C=O) groups is 1. The zero-order chi connectivity index (χ0) is 22.6. The zero-order valence-corrected chi connectivity index (χ0v) is 19.2. The van der Waals surface area contributed by atoms with Gasteiger partial charge in [-0.15, -0.1) is 11.3 Å². The third kappa shape index (κ3) is 4.95. The predicted octanol–water partition coefficient (Wildman–Crippen LogP) is 1.88. The first-order chi connectivity index (χ1) is 16.2. The van der Waals surface area contributed by atoms with Crippen molar-refractivity contribution in [1.82, 2.24) is 25.3 Å². The summed E-state index contributed by atoms with van der Waals surface area (Å²) < 4.78 is 5.77. The van der Waals surface area contributed by atoms with E-state index in [0.29, 0.717) is 23.7 Å². The lowest BCUT2D eigenvalue weighted by Gasteiger charge is -2.36. The van der Waals surface area contributed by atoms with E-state index in [1.165, 1.54) is 11.3 Å². The number of hydrogen-bond donors (Lipinski definition) is 2. The number of morpholine rings is 1. The molecule has 33 heavy (non-hydrogen) atoms. The Hall–Kier alpha value is -3.15. The summed E-state index contributed by atoms with van der Waals surface area (Å²) >= 11 is 1.36. The van der Waals surface area contributed by atoms with E-state index >= 15 is 0 Å². The summed E-state index contributed by atoms with van der Waals surface area (Å²) in [4.78, 5) is 35.7. The molecule has 10 nitrogen and oxygen atoms in total. The van der Waals surface area contributed by atoms with Gasteiger partial charge in [0.25, 0.3) is 5.91 Å². The van der Waals surface area contributed by atoms with Crippen molar-refractivity contribution in [2.24, 2.45) is 0 Å². The van der Waals surface area contributed by atoms with Crippen LogP contribution in [0.2, 0.25) is 0 Å². The standard InChI is InChI=1S/C22H26N8O2S/c1-15-19(33-21(26-15)16-14-23-8-13-32-16)20(31)28-22-25-7-5-18(27-22)30-11-9-29(10-12-30)17-4-2-3-6-24-17/h2-7,16,23H,8-14H2,1H3,(H,25,27,28,31). The van der Waals surface area contributed by atoms with Crippen LogP contribution >= 0.6 is 11.3 Å². The topological polar surface area (TPSA) is 108 Å². The molecule has 0 aliphatic carbocycles. The number of carbonyl (C=O) groups excluding carboxylic acids is 1. The lowest BCUT2D eigenvalue weighted by Crippen LogP contribution is -2.47. The molecule has 11 heteroatoms. The fourth-order valence-electron chi connectivity index (χ4n) is 3.94.